The number of rotatable bonds is 7. The molecule has 9 heteroatoms. The van der Waals surface area contributed by atoms with Gasteiger partial charge in [0.2, 0.25) is 5.91 Å². The number of halogens is 3. The largest absolute Gasteiger partial charge is 0.525 e. The fourth-order valence-corrected chi connectivity index (χ4v) is 2.17. The number of hydrogen-bond acceptors (Lipinski definition) is 4. The number of alkyl halides is 3. The summed E-state index contributed by atoms with van der Waals surface area (Å²) in [5.41, 5.74) is -4.85. The minimum absolute atomic E-state index is 0.123. The van der Waals surface area contributed by atoms with Crippen molar-refractivity contribution in [3.63, 3.8) is 0 Å². The lowest BCUT2D eigenvalue weighted by Gasteiger charge is -2.22. The first-order valence-electron chi connectivity index (χ1n) is 6.88. The van der Waals surface area contributed by atoms with E-state index in [1.165, 1.54) is 0 Å². The van der Waals surface area contributed by atoms with Crippen LogP contribution in [0.5, 0.6) is 0 Å². The zero-order valence-electron chi connectivity index (χ0n) is 12.7. The van der Waals surface area contributed by atoms with Crippen molar-refractivity contribution < 1.29 is 30.7 Å². The van der Waals surface area contributed by atoms with Gasteiger partial charge >= 0.3 is 15.6 Å². The zero-order valence-corrected chi connectivity index (χ0v) is 13.5. The fraction of sp³-hybridized carbons (Fsp3) is 0.500. The highest BCUT2D eigenvalue weighted by Gasteiger charge is 2.49. The molecule has 0 aliphatic carbocycles. The molecule has 0 fully saturated rings. The molecule has 23 heavy (non-hydrogen) atoms. The second-order valence-corrected chi connectivity index (χ2v) is 6.82. The first-order valence-corrected chi connectivity index (χ1v) is 8.29. The van der Waals surface area contributed by atoms with E-state index in [-0.39, 0.29) is 30.4 Å². The molecule has 1 aromatic carbocycles. The maximum Gasteiger partial charge on any atom is 0.525 e. The van der Waals surface area contributed by atoms with Gasteiger partial charge in [0, 0.05) is 6.42 Å². The summed E-state index contributed by atoms with van der Waals surface area (Å²) in [6.07, 6.45) is 0.0419. The van der Waals surface area contributed by atoms with Crippen molar-refractivity contribution in [1.82, 2.24) is 5.06 Å². The van der Waals surface area contributed by atoms with Crippen LogP contribution in [0.15, 0.2) is 30.3 Å². The predicted molar refractivity (Wildman–Crippen MR) is 77.4 cm³/mol. The maximum atomic E-state index is 12.4. The Morgan fingerprint density at radius 3 is 2.26 bits per heavy atom. The van der Waals surface area contributed by atoms with Gasteiger partial charge in [-0.25, -0.2) is 5.06 Å². The summed E-state index contributed by atoms with van der Waals surface area (Å²) in [7, 11) is -5.88. The van der Waals surface area contributed by atoms with Gasteiger partial charge in [-0.05, 0) is 17.9 Å². The van der Waals surface area contributed by atoms with E-state index < -0.39 is 21.5 Å². The number of nitrogens with zero attached hydrogens (tertiary/aromatic N) is 1. The molecule has 0 unspecified atom stereocenters. The highest BCUT2D eigenvalue weighted by molar-refractivity contribution is 7.87. The number of carbonyl (C=O) groups is 1. The van der Waals surface area contributed by atoms with Gasteiger partial charge in [0.1, 0.15) is 0 Å². The predicted octanol–water partition coefficient (Wildman–Crippen LogP) is 2.89. The molecule has 0 saturated heterocycles. The molecule has 1 aromatic rings. The molecule has 0 N–H and O–H groups in total. The van der Waals surface area contributed by atoms with E-state index in [9.17, 15) is 26.4 Å². The highest BCUT2D eigenvalue weighted by Crippen LogP contribution is 2.26. The Hall–Kier alpha value is -1.61. The number of benzene rings is 1. The van der Waals surface area contributed by atoms with Crippen molar-refractivity contribution >= 4 is 16.0 Å². The van der Waals surface area contributed by atoms with E-state index in [0.29, 0.717) is 0 Å². The Morgan fingerprint density at radius 2 is 1.78 bits per heavy atom. The minimum Gasteiger partial charge on any atom is -0.273 e. The lowest BCUT2D eigenvalue weighted by molar-refractivity contribution is -0.161. The van der Waals surface area contributed by atoms with Crippen molar-refractivity contribution in [2.75, 3.05) is 6.54 Å². The molecule has 0 aliphatic rings. The standard InChI is InChI=1S/C14H18F3NO4S/c1-11(2)10-13(19)18(22-23(20,21)14(15,16)17)9-8-12-6-4-3-5-7-12/h3-7,11H,8-10H2,1-2H3. The third kappa shape index (κ3) is 6.19. The molecule has 0 saturated carbocycles. The first-order chi connectivity index (χ1) is 10.5. The van der Waals surface area contributed by atoms with Gasteiger partial charge in [-0.3, -0.25) is 4.79 Å². The molecular weight excluding hydrogens is 335 g/mol. The summed E-state index contributed by atoms with van der Waals surface area (Å²) in [6, 6.07) is 8.63. The Morgan fingerprint density at radius 1 is 1.22 bits per heavy atom. The van der Waals surface area contributed by atoms with Crippen molar-refractivity contribution in [3.8, 4) is 0 Å². The summed E-state index contributed by atoms with van der Waals surface area (Å²) in [6.45, 7) is 3.07. The van der Waals surface area contributed by atoms with E-state index in [2.05, 4.69) is 4.28 Å². The van der Waals surface area contributed by atoms with Crippen LogP contribution in [-0.4, -0.2) is 31.4 Å². The zero-order chi connectivity index (χ0) is 17.7. The Balaban J connectivity index is 2.87. The van der Waals surface area contributed by atoms with Gasteiger partial charge in [-0.2, -0.15) is 21.6 Å². The van der Waals surface area contributed by atoms with Crippen LogP contribution in [0.4, 0.5) is 13.2 Å². The van der Waals surface area contributed by atoms with Crippen LogP contribution >= 0.6 is 0 Å². The van der Waals surface area contributed by atoms with Crippen LogP contribution in [0, 0.1) is 5.92 Å². The molecule has 1 rings (SSSR count). The molecule has 0 aromatic heterocycles. The van der Waals surface area contributed by atoms with Crippen LogP contribution in [0.25, 0.3) is 0 Å². The monoisotopic (exact) mass is 353 g/mol. The third-order valence-electron chi connectivity index (χ3n) is 2.78. The second kappa shape index (κ2) is 7.78. The maximum absolute atomic E-state index is 12.4. The fourth-order valence-electron chi connectivity index (χ4n) is 1.69. The summed E-state index contributed by atoms with van der Waals surface area (Å²) in [5, 5.41) is 0.274. The topological polar surface area (TPSA) is 63.7 Å². The van der Waals surface area contributed by atoms with Crippen LogP contribution in [0.2, 0.25) is 0 Å². The van der Waals surface area contributed by atoms with Crippen LogP contribution in [0.1, 0.15) is 25.8 Å². The van der Waals surface area contributed by atoms with Crippen molar-refractivity contribution in [2.45, 2.75) is 32.2 Å². The Labute approximate surface area is 133 Å². The number of hydrogen-bond donors (Lipinski definition) is 0. The first kappa shape index (κ1) is 19.4. The van der Waals surface area contributed by atoms with Gasteiger partial charge in [-0.1, -0.05) is 44.2 Å². The number of amides is 1. The van der Waals surface area contributed by atoms with E-state index in [0.717, 1.165) is 5.56 Å². The van der Waals surface area contributed by atoms with E-state index in [1.807, 2.05) is 0 Å². The average molecular weight is 353 g/mol. The van der Waals surface area contributed by atoms with Crippen molar-refractivity contribution in [1.29, 1.82) is 0 Å². The minimum atomic E-state index is -5.88. The van der Waals surface area contributed by atoms with Gasteiger partial charge in [0.25, 0.3) is 0 Å². The third-order valence-corrected chi connectivity index (χ3v) is 3.72. The lowest BCUT2D eigenvalue weighted by atomic mass is 10.1. The second-order valence-electron chi connectivity index (χ2n) is 5.30. The summed E-state index contributed by atoms with van der Waals surface area (Å²) < 4.78 is 63.6. The smallest absolute Gasteiger partial charge is 0.273 e. The molecule has 5 nitrogen and oxygen atoms in total. The molecule has 0 atom stereocenters. The summed E-state index contributed by atoms with van der Waals surface area (Å²) in [4.78, 5) is 11.9. The number of hydroxylamine groups is 2. The molecule has 0 bridgehead atoms. The van der Waals surface area contributed by atoms with Gasteiger partial charge in [0.15, 0.2) is 0 Å². The van der Waals surface area contributed by atoms with E-state index in [1.54, 1.807) is 44.2 Å². The molecular formula is C14H18F3NO4S. The SMILES string of the molecule is CC(C)CC(=O)N(CCc1ccccc1)OS(=O)(=O)C(F)(F)F. The summed E-state index contributed by atoms with van der Waals surface area (Å²) in [5.74, 6) is -0.970. The van der Waals surface area contributed by atoms with Crippen molar-refractivity contribution in [3.05, 3.63) is 35.9 Å². The normalized spacial score (nSPS) is 12.4. The molecule has 130 valence electrons. The van der Waals surface area contributed by atoms with Crippen LogP contribution in [0.3, 0.4) is 0 Å². The van der Waals surface area contributed by atoms with E-state index >= 15 is 0 Å². The molecule has 0 radical (unpaired) electrons. The van der Waals surface area contributed by atoms with Gasteiger partial charge in [0.05, 0.1) is 6.54 Å². The quantitative estimate of drug-likeness (QED) is 0.559. The number of carbonyl (C=O) groups excluding carboxylic acids is 1. The molecule has 1 amide bonds. The lowest BCUT2D eigenvalue weighted by Crippen LogP contribution is -2.39. The Bertz CT molecular complexity index is 615. The Kier molecular flexibility index (Phi) is 6.57. The summed E-state index contributed by atoms with van der Waals surface area (Å²) >= 11 is 0. The highest BCUT2D eigenvalue weighted by atomic mass is 32.2. The van der Waals surface area contributed by atoms with Gasteiger partial charge < -0.3 is 0 Å². The molecule has 0 aliphatic heterocycles. The molecule has 0 spiro atoms. The van der Waals surface area contributed by atoms with Gasteiger partial charge in [-0.15, -0.1) is 4.28 Å². The molecule has 0 heterocycles. The van der Waals surface area contributed by atoms with Crippen LogP contribution < -0.4 is 0 Å². The van der Waals surface area contributed by atoms with E-state index in [4.69, 9.17) is 0 Å². The average Bonchev–Trinajstić information content (AvgIpc) is 2.42. The van der Waals surface area contributed by atoms with Crippen LogP contribution in [-0.2, 0) is 25.6 Å². The van der Waals surface area contributed by atoms with Crippen molar-refractivity contribution in [2.24, 2.45) is 5.92 Å².